The molecular formula is C11H13FN2O2. The van der Waals surface area contributed by atoms with Crippen molar-refractivity contribution in [2.24, 2.45) is 0 Å². The van der Waals surface area contributed by atoms with Crippen molar-refractivity contribution in [1.29, 1.82) is 0 Å². The molecule has 16 heavy (non-hydrogen) atoms. The van der Waals surface area contributed by atoms with E-state index in [1.807, 2.05) is 0 Å². The molecule has 1 fully saturated rings. The maximum absolute atomic E-state index is 12.7. The van der Waals surface area contributed by atoms with Gasteiger partial charge in [0.15, 0.2) is 0 Å². The first-order chi connectivity index (χ1) is 7.72. The second-order valence-corrected chi connectivity index (χ2v) is 3.62. The summed E-state index contributed by atoms with van der Waals surface area (Å²) in [7, 11) is 0. The number of halogens is 1. The maximum Gasteiger partial charge on any atom is 0.324 e. The molecule has 0 spiro atoms. The Morgan fingerprint density at radius 3 is 2.56 bits per heavy atom. The predicted molar refractivity (Wildman–Crippen MR) is 57.8 cm³/mol. The lowest BCUT2D eigenvalue weighted by Gasteiger charge is -2.17. The Labute approximate surface area is 92.9 Å². The highest BCUT2D eigenvalue weighted by Crippen LogP contribution is 2.20. The second kappa shape index (κ2) is 4.49. The molecule has 0 aliphatic carbocycles. The number of benzene rings is 1. The highest BCUT2D eigenvalue weighted by Gasteiger charge is 2.28. The van der Waals surface area contributed by atoms with Gasteiger partial charge in [-0.2, -0.15) is 0 Å². The number of hydrogen-bond donors (Lipinski definition) is 1. The predicted octanol–water partition coefficient (Wildman–Crippen LogP) is 1.06. The summed E-state index contributed by atoms with van der Waals surface area (Å²) in [5.74, 6) is -0.317. The number of anilines is 1. The Bertz CT molecular complexity index is 380. The number of aliphatic hydroxyl groups is 1. The highest BCUT2D eigenvalue weighted by molar-refractivity contribution is 5.94. The molecule has 1 saturated heterocycles. The third-order valence-electron chi connectivity index (χ3n) is 2.60. The molecule has 1 N–H and O–H groups in total. The van der Waals surface area contributed by atoms with Gasteiger partial charge in [0, 0.05) is 25.3 Å². The lowest BCUT2D eigenvalue weighted by molar-refractivity contribution is 0.199. The number of amides is 2. The molecule has 1 aliphatic heterocycles. The van der Waals surface area contributed by atoms with Crippen LogP contribution in [0.5, 0.6) is 0 Å². The van der Waals surface area contributed by atoms with E-state index in [0.29, 0.717) is 25.3 Å². The number of carbonyl (C=O) groups is 1. The van der Waals surface area contributed by atoms with E-state index in [4.69, 9.17) is 5.11 Å². The zero-order chi connectivity index (χ0) is 11.5. The fourth-order valence-electron chi connectivity index (χ4n) is 1.77. The van der Waals surface area contributed by atoms with Crippen LogP contribution in [0.1, 0.15) is 0 Å². The molecule has 5 heteroatoms. The number of rotatable bonds is 3. The third kappa shape index (κ3) is 1.99. The topological polar surface area (TPSA) is 43.8 Å². The summed E-state index contributed by atoms with van der Waals surface area (Å²) in [6.45, 7) is 1.47. The van der Waals surface area contributed by atoms with Gasteiger partial charge >= 0.3 is 6.03 Å². The normalized spacial score (nSPS) is 16.0. The number of hydrogen-bond acceptors (Lipinski definition) is 2. The van der Waals surface area contributed by atoms with Crippen molar-refractivity contribution in [2.45, 2.75) is 0 Å². The smallest absolute Gasteiger partial charge is 0.324 e. The van der Waals surface area contributed by atoms with Crippen molar-refractivity contribution >= 4 is 11.7 Å². The summed E-state index contributed by atoms with van der Waals surface area (Å²) in [6.07, 6.45) is 0. The van der Waals surface area contributed by atoms with Crippen molar-refractivity contribution in [2.75, 3.05) is 31.1 Å². The molecule has 0 atom stereocenters. The molecule has 0 bridgehead atoms. The fraction of sp³-hybridized carbons (Fsp3) is 0.364. The number of aliphatic hydroxyl groups excluding tert-OH is 1. The Morgan fingerprint density at radius 1 is 1.25 bits per heavy atom. The van der Waals surface area contributed by atoms with Gasteiger partial charge in [-0.15, -0.1) is 0 Å². The molecular weight excluding hydrogens is 211 g/mol. The van der Waals surface area contributed by atoms with Gasteiger partial charge < -0.3 is 10.0 Å². The van der Waals surface area contributed by atoms with E-state index < -0.39 is 0 Å². The minimum Gasteiger partial charge on any atom is -0.395 e. The van der Waals surface area contributed by atoms with Crippen molar-refractivity contribution in [3.05, 3.63) is 30.1 Å². The first-order valence-corrected chi connectivity index (χ1v) is 5.15. The summed E-state index contributed by atoms with van der Waals surface area (Å²) in [5, 5.41) is 8.78. The monoisotopic (exact) mass is 224 g/mol. The zero-order valence-electron chi connectivity index (χ0n) is 8.77. The van der Waals surface area contributed by atoms with Gasteiger partial charge in [0.25, 0.3) is 0 Å². The molecule has 0 unspecified atom stereocenters. The molecule has 1 aromatic rings. The lowest BCUT2D eigenvalue weighted by atomic mass is 10.3. The van der Waals surface area contributed by atoms with E-state index in [2.05, 4.69) is 0 Å². The summed E-state index contributed by atoms with van der Waals surface area (Å²) in [5.41, 5.74) is 0.687. The minimum atomic E-state index is -0.317. The van der Waals surface area contributed by atoms with Crippen LogP contribution in [0.15, 0.2) is 24.3 Å². The molecule has 86 valence electrons. The number of β-amino-alcohol motifs (C(OH)–C–C–N with tert-alkyl or cyclic N) is 1. The molecule has 1 aliphatic rings. The molecule has 1 heterocycles. The van der Waals surface area contributed by atoms with E-state index in [1.54, 1.807) is 21.9 Å². The van der Waals surface area contributed by atoms with Crippen molar-refractivity contribution in [1.82, 2.24) is 4.90 Å². The van der Waals surface area contributed by atoms with Crippen LogP contribution in [0.3, 0.4) is 0 Å². The summed E-state index contributed by atoms with van der Waals surface area (Å²) in [4.78, 5) is 15.0. The fourth-order valence-corrected chi connectivity index (χ4v) is 1.77. The number of nitrogens with zero attached hydrogens (tertiary/aromatic N) is 2. The van der Waals surface area contributed by atoms with Crippen LogP contribution >= 0.6 is 0 Å². The van der Waals surface area contributed by atoms with Crippen LogP contribution in [0.4, 0.5) is 14.9 Å². The van der Waals surface area contributed by atoms with Crippen LogP contribution in [-0.4, -0.2) is 42.3 Å². The quantitative estimate of drug-likeness (QED) is 0.834. The van der Waals surface area contributed by atoms with E-state index in [-0.39, 0.29) is 18.5 Å². The standard InChI is InChI=1S/C11H13FN2O2/c12-9-1-3-10(4-2-9)14-6-5-13(7-8-15)11(14)16/h1-4,15H,5-8H2. The van der Waals surface area contributed by atoms with Gasteiger partial charge in [0.05, 0.1) is 6.61 Å². The Hall–Kier alpha value is -1.62. The van der Waals surface area contributed by atoms with E-state index >= 15 is 0 Å². The van der Waals surface area contributed by atoms with Crippen molar-refractivity contribution in [3.63, 3.8) is 0 Å². The molecule has 2 amide bonds. The first-order valence-electron chi connectivity index (χ1n) is 5.15. The van der Waals surface area contributed by atoms with Gasteiger partial charge in [-0.25, -0.2) is 9.18 Å². The second-order valence-electron chi connectivity index (χ2n) is 3.62. The summed E-state index contributed by atoms with van der Waals surface area (Å²) in [6, 6.07) is 5.68. The van der Waals surface area contributed by atoms with Gasteiger partial charge in [-0.1, -0.05) is 0 Å². The van der Waals surface area contributed by atoms with Gasteiger partial charge in [-0.05, 0) is 24.3 Å². The van der Waals surface area contributed by atoms with E-state index in [9.17, 15) is 9.18 Å². The molecule has 0 saturated carbocycles. The van der Waals surface area contributed by atoms with Gasteiger partial charge in [-0.3, -0.25) is 4.90 Å². The lowest BCUT2D eigenvalue weighted by Crippen LogP contribution is -2.33. The zero-order valence-corrected chi connectivity index (χ0v) is 8.77. The molecule has 2 rings (SSSR count). The summed E-state index contributed by atoms with van der Waals surface area (Å²) >= 11 is 0. The van der Waals surface area contributed by atoms with Gasteiger partial charge in [0.1, 0.15) is 5.82 Å². The first kappa shape index (κ1) is 10.9. The van der Waals surface area contributed by atoms with E-state index in [1.165, 1.54) is 12.1 Å². The number of urea groups is 1. The molecule has 0 aromatic heterocycles. The van der Waals surface area contributed by atoms with Crippen LogP contribution in [0.2, 0.25) is 0 Å². The Kier molecular flexibility index (Phi) is 3.05. The van der Waals surface area contributed by atoms with Gasteiger partial charge in [0.2, 0.25) is 0 Å². The Morgan fingerprint density at radius 2 is 1.94 bits per heavy atom. The van der Waals surface area contributed by atoms with Crippen LogP contribution < -0.4 is 4.90 Å². The average Bonchev–Trinajstić information content (AvgIpc) is 2.63. The molecule has 0 radical (unpaired) electrons. The third-order valence-corrected chi connectivity index (χ3v) is 2.60. The number of carbonyl (C=O) groups excluding carboxylic acids is 1. The maximum atomic E-state index is 12.7. The van der Waals surface area contributed by atoms with Crippen LogP contribution in [0.25, 0.3) is 0 Å². The van der Waals surface area contributed by atoms with Crippen molar-refractivity contribution in [3.8, 4) is 0 Å². The highest BCUT2D eigenvalue weighted by atomic mass is 19.1. The van der Waals surface area contributed by atoms with Crippen LogP contribution in [0, 0.1) is 5.82 Å². The SMILES string of the molecule is O=C1N(CCO)CCN1c1ccc(F)cc1. The largest absolute Gasteiger partial charge is 0.395 e. The Balaban J connectivity index is 2.12. The average molecular weight is 224 g/mol. The molecule has 1 aromatic carbocycles. The molecule has 4 nitrogen and oxygen atoms in total. The summed E-state index contributed by atoms with van der Waals surface area (Å²) < 4.78 is 12.7. The van der Waals surface area contributed by atoms with E-state index in [0.717, 1.165) is 0 Å². The van der Waals surface area contributed by atoms with Crippen LogP contribution in [-0.2, 0) is 0 Å². The van der Waals surface area contributed by atoms with Crippen molar-refractivity contribution < 1.29 is 14.3 Å². The minimum absolute atomic E-state index is 0.0387.